The van der Waals surface area contributed by atoms with E-state index in [1.807, 2.05) is 0 Å². The first-order valence-corrected chi connectivity index (χ1v) is 23.3. The standard InChI is InChI=1S/C62H50N2/c1-61(2)53-30-17-29-51(42-18-6-3-7-19-42)58(53)52-37-36-49(40-54(52)61)63(47-24-8-4-9-25-47)56-32-15-22-43-38-45-34-35-46-39-44-23-16-33-57(60(44)62(45,46)59(43)56)64(48-26-10-5-11-27-48)55-31-14-21-41-20-12-13-28-50(41)55/h3-33,36-37,40,45-46H,34-35,38-39H2,1-2H3. The Morgan fingerprint density at radius 3 is 1.66 bits per heavy atom. The summed E-state index contributed by atoms with van der Waals surface area (Å²) in [7, 11) is 0. The number of hydrogen-bond acceptors (Lipinski definition) is 2. The van der Waals surface area contributed by atoms with Crippen molar-refractivity contribution in [1.29, 1.82) is 0 Å². The summed E-state index contributed by atoms with van der Waals surface area (Å²) in [5.41, 5.74) is 21.3. The third kappa shape index (κ3) is 5.26. The van der Waals surface area contributed by atoms with Crippen LogP contribution in [-0.4, -0.2) is 0 Å². The summed E-state index contributed by atoms with van der Waals surface area (Å²) >= 11 is 0. The fourth-order valence-corrected chi connectivity index (χ4v) is 13.2. The molecule has 1 spiro atoms. The first kappa shape index (κ1) is 37.4. The normalized spacial score (nSPS) is 19.3. The molecule has 0 aliphatic heterocycles. The summed E-state index contributed by atoms with van der Waals surface area (Å²) in [5, 5.41) is 2.52. The van der Waals surface area contributed by atoms with Gasteiger partial charge < -0.3 is 9.80 Å². The third-order valence-electron chi connectivity index (χ3n) is 15.7. The highest BCUT2D eigenvalue weighted by molar-refractivity contribution is 6.00. The lowest BCUT2D eigenvalue weighted by atomic mass is 9.68. The van der Waals surface area contributed by atoms with Gasteiger partial charge in [-0.2, -0.15) is 0 Å². The molecule has 13 rings (SSSR count). The van der Waals surface area contributed by atoms with E-state index in [0.717, 1.165) is 12.8 Å². The molecule has 1 saturated carbocycles. The Kier molecular flexibility index (Phi) is 8.28. The monoisotopic (exact) mass is 822 g/mol. The summed E-state index contributed by atoms with van der Waals surface area (Å²) in [6, 6.07) is 77.6. The van der Waals surface area contributed by atoms with E-state index in [1.54, 1.807) is 0 Å². The first-order valence-electron chi connectivity index (χ1n) is 23.3. The third-order valence-corrected chi connectivity index (χ3v) is 15.7. The number of hydrogen-bond donors (Lipinski definition) is 0. The van der Waals surface area contributed by atoms with Crippen molar-refractivity contribution in [1.82, 2.24) is 0 Å². The molecule has 1 fully saturated rings. The number of para-hydroxylation sites is 2. The summed E-state index contributed by atoms with van der Waals surface area (Å²) in [4.78, 5) is 5.20. The average molecular weight is 823 g/mol. The average Bonchev–Trinajstić information content (AvgIpc) is 4.04. The van der Waals surface area contributed by atoms with Crippen LogP contribution in [-0.2, 0) is 23.7 Å². The summed E-state index contributed by atoms with van der Waals surface area (Å²) in [6.45, 7) is 4.84. The van der Waals surface area contributed by atoms with E-state index in [0.29, 0.717) is 11.8 Å². The molecule has 9 aromatic rings. The highest BCUT2D eigenvalue weighted by Crippen LogP contribution is 2.69. The van der Waals surface area contributed by atoms with Crippen LogP contribution in [0.1, 0.15) is 60.1 Å². The maximum absolute atomic E-state index is 2.61. The molecular formula is C62H50N2. The zero-order chi connectivity index (χ0) is 42.6. The van der Waals surface area contributed by atoms with Crippen LogP contribution in [0.4, 0.5) is 34.1 Å². The molecular weight excluding hydrogens is 773 g/mol. The van der Waals surface area contributed by atoms with Gasteiger partial charge in [-0.3, -0.25) is 0 Å². The van der Waals surface area contributed by atoms with Crippen LogP contribution in [0.15, 0.2) is 206 Å². The Labute approximate surface area is 377 Å². The number of anilines is 6. The minimum Gasteiger partial charge on any atom is -0.310 e. The molecule has 0 bridgehead atoms. The van der Waals surface area contributed by atoms with Crippen molar-refractivity contribution in [3.05, 3.63) is 240 Å². The van der Waals surface area contributed by atoms with Gasteiger partial charge in [0.25, 0.3) is 0 Å². The molecule has 64 heavy (non-hydrogen) atoms. The molecule has 0 heterocycles. The zero-order valence-corrected chi connectivity index (χ0v) is 36.5. The van der Waals surface area contributed by atoms with E-state index in [9.17, 15) is 0 Å². The van der Waals surface area contributed by atoms with E-state index in [4.69, 9.17) is 0 Å². The maximum atomic E-state index is 2.61. The van der Waals surface area contributed by atoms with Crippen LogP contribution in [0, 0.1) is 11.8 Å². The Morgan fingerprint density at radius 1 is 0.422 bits per heavy atom. The molecule has 9 aromatic carbocycles. The van der Waals surface area contributed by atoms with Crippen molar-refractivity contribution in [2.45, 2.75) is 50.4 Å². The van der Waals surface area contributed by atoms with Gasteiger partial charge in [-0.25, -0.2) is 0 Å². The van der Waals surface area contributed by atoms with Crippen molar-refractivity contribution < 1.29 is 0 Å². The van der Waals surface area contributed by atoms with Crippen molar-refractivity contribution in [2.24, 2.45) is 11.8 Å². The van der Waals surface area contributed by atoms with Crippen molar-refractivity contribution >= 4 is 44.9 Å². The first-order chi connectivity index (χ1) is 31.5. The molecule has 3 unspecified atom stereocenters. The number of fused-ring (bicyclic) bond motifs is 6. The fourth-order valence-electron chi connectivity index (χ4n) is 13.2. The lowest BCUT2D eigenvalue weighted by Gasteiger charge is -2.40. The van der Waals surface area contributed by atoms with Crippen molar-refractivity contribution in [3.63, 3.8) is 0 Å². The van der Waals surface area contributed by atoms with Crippen LogP contribution < -0.4 is 9.80 Å². The maximum Gasteiger partial charge on any atom is 0.0540 e. The van der Waals surface area contributed by atoms with Crippen LogP contribution in [0.2, 0.25) is 0 Å². The summed E-state index contributed by atoms with van der Waals surface area (Å²) in [5.74, 6) is 1.03. The molecule has 3 atom stereocenters. The zero-order valence-electron chi connectivity index (χ0n) is 36.5. The molecule has 308 valence electrons. The predicted octanol–water partition coefficient (Wildman–Crippen LogP) is 16.2. The molecule has 0 aromatic heterocycles. The Morgan fingerprint density at radius 2 is 0.969 bits per heavy atom. The molecule has 4 aliphatic rings. The molecule has 2 nitrogen and oxygen atoms in total. The van der Waals surface area contributed by atoms with Crippen molar-refractivity contribution in [3.8, 4) is 22.3 Å². The Balaban J connectivity index is 1.04. The summed E-state index contributed by atoms with van der Waals surface area (Å²) < 4.78 is 0. The van der Waals surface area contributed by atoms with Crippen molar-refractivity contribution in [2.75, 3.05) is 9.80 Å². The van der Waals surface area contributed by atoms with Gasteiger partial charge in [-0.05, 0) is 153 Å². The van der Waals surface area contributed by atoms with E-state index >= 15 is 0 Å². The SMILES string of the molecule is CC1(C)c2cc(N(c3ccccc3)c3cccc4c3C35c6c(cccc6N(c6ccccc6)c6cccc7ccccc67)CC3CCC5C4)ccc2-c2c(-c3ccccc3)cccc21. The largest absolute Gasteiger partial charge is 0.310 e. The minimum absolute atomic E-state index is 0.140. The van der Waals surface area contributed by atoms with Gasteiger partial charge in [0.15, 0.2) is 0 Å². The van der Waals surface area contributed by atoms with E-state index in [1.165, 1.54) is 113 Å². The second-order valence-corrected chi connectivity index (χ2v) is 19.2. The van der Waals surface area contributed by atoms with Gasteiger partial charge in [0, 0.05) is 33.3 Å². The van der Waals surface area contributed by atoms with E-state index in [2.05, 4.69) is 230 Å². The molecule has 0 N–H and O–H groups in total. The number of nitrogens with zero attached hydrogens (tertiary/aromatic N) is 2. The number of rotatable bonds is 7. The molecule has 0 saturated heterocycles. The van der Waals surface area contributed by atoms with Gasteiger partial charge in [-0.1, -0.05) is 166 Å². The number of benzene rings is 9. The van der Waals surface area contributed by atoms with Gasteiger partial charge in [0.2, 0.25) is 0 Å². The predicted molar refractivity (Wildman–Crippen MR) is 267 cm³/mol. The van der Waals surface area contributed by atoms with Gasteiger partial charge in [-0.15, -0.1) is 0 Å². The second kappa shape index (κ2) is 14.2. The minimum atomic E-state index is -0.172. The second-order valence-electron chi connectivity index (χ2n) is 19.2. The molecule has 4 aliphatic carbocycles. The lowest BCUT2D eigenvalue weighted by molar-refractivity contribution is 0.350. The Bertz CT molecular complexity index is 3260. The van der Waals surface area contributed by atoms with Crippen LogP contribution >= 0.6 is 0 Å². The quantitative estimate of drug-likeness (QED) is 0.158. The van der Waals surface area contributed by atoms with Gasteiger partial charge >= 0.3 is 0 Å². The van der Waals surface area contributed by atoms with Gasteiger partial charge in [0.05, 0.1) is 17.1 Å². The Hall–Kier alpha value is -7.16. The lowest BCUT2D eigenvalue weighted by Crippen LogP contribution is -2.34. The topological polar surface area (TPSA) is 6.48 Å². The van der Waals surface area contributed by atoms with Crippen LogP contribution in [0.25, 0.3) is 33.0 Å². The molecule has 0 radical (unpaired) electrons. The smallest absolute Gasteiger partial charge is 0.0540 e. The highest BCUT2D eigenvalue weighted by Gasteiger charge is 2.62. The van der Waals surface area contributed by atoms with E-state index < -0.39 is 0 Å². The fraction of sp³-hybridized carbons (Fsp3) is 0.161. The van der Waals surface area contributed by atoms with Crippen LogP contribution in [0.5, 0.6) is 0 Å². The van der Waals surface area contributed by atoms with Crippen LogP contribution in [0.3, 0.4) is 0 Å². The van der Waals surface area contributed by atoms with Gasteiger partial charge in [0.1, 0.15) is 0 Å². The molecule has 0 amide bonds. The highest BCUT2D eigenvalue weighted by atomic mass is 15.2. The summed E-state index contributed by atoms with van der Waals surface area (Å²) in [6.07, 6.45) is 4.69. The molecule has 2 heteroatoms. The van der Waals surface area contributed by atoms with E-state index in [-0.39, 0.29) is 10.8 Å².